The van der Waals surface area contributed by atoms with E-state index >= 15 is 0 Å². The van der Waals surface area contributed by atoms with Crippen LogP contribution in [0.2, 0.25) is 0 Å². The van der Waals surface area contributed by atoms with Crippen LogP contribution in [0.25, 0.3) is 10.4 Å². The van der Waals surface area contributed by atoms with Gasteiger partial charge in [-0.05, 0) is 5.53 Å². The van der Waals surface area contributed by atoms with E-state index in [1.165, 1.54) is 0 Å². The lowest BCUT2D eigenvalue weighted by molar-refractivity contribution is -0.405. The van der Waals surface area contributed by atoms with Gasteiger partial charge < -0.3 is 228 Å². The summed E-state index contributed by atoms with van der Waals surface area (Å²) in [7, 11) is 0. The minimum absolute atomic E-state index is 0.471. The van der Waals surface area contributed by atoms with Crippen molar-refractivity contribution in [2.75, 3.05) is 72.6 Å². The summed E-state index contributed by atoms with van der Waals surface area (Å²) >= 11 is 0. The highest BCUT2D eigenvalue weighted by molar-refractivity contribution is 5.02. The van der Waals surface area contributed by atoms with E-state index in [4.69, 9.17) is 90.8 Å². The molecule has 45 atom stereocenters. The van der Waals surface area contributed by atoms with E-state index in [0.29, 0.717) is 0 Å². The first-order chi connectivity index (χ1) is 49.9. The lowest BCUT2D eigenvalue weighted by atomic mass is 9.95. The van der Waals surface area contributed by atoms with Crippen LogP contribution in [0.3, 0.4) is 0 Å². The summed E-state index contributed by atoms with van der Waals surface area (Å²) in [6, 6.07) is 0. The van der Waals surface area contributed by atoms with Gasteiger partial charge in [0.2, 0.25) is 0 Å². The number of ether oxygens (including phenoxy) is 18. The molecule has 0 aromatic carbocycles. The van der Waals surface area contributed by atoms with Crippen LogP contribution in [0.1, 0.15) is 0 Å². The Balaban J connectivity index is 1.02. The molecular formula is C56H95N3O46. The Bertz CT molecular complexity index is 2660. The lowest BCUT2D eigenvalue weighted by Gasteiger charge is -2.50. The van der Waals surface area contributed by atoms with Crippen molar-refractivity contribution < 1.29 is 228 Å². The van der Waals surface area contributed by atoms with Gasteiger partial charge in [0.25, 0.3) is 0 Å². The average Bonchev–Trinajstić information content (AvgIpc) is 0.778. The van der Waals surface area contributed by atoms with Gasteiger partial charge >= 0.3 is 0 Å². The summed E-state index contributed by atoms with van der Waals surface area (Å²) in [4.78, 5) is 2.61. The second-order valence-electron chi connectivity index (χ2n) is 26.1. The second-order valence-corrected chi connectivity index (χ2v) is 26.1. The molecule has 105 heavy (non-hydrogen) atoms. The van der Waals surface area contributed by atoms with Gasteiger partial charge in [-0.2, -0.15) is 0 Å². The van der Waals surface area contributed by atoms with Gasteiger partial charge in [-0.1, -0.05) is 5.11 Å². The maximum Gasteiger partial charge on any atom is 0.187 e. The Morgan fingerprint density at radius 3 is 0.752 bits per heavy atom. The number of aliphatic hydroxyl groups is 28. The Morgan fingerprint density at radius 1 is 0.229 bits per heavy atom. The molecule has 9 saturated heterocycles. The molecule has 0 amide bonds. The molecule has 0 radical (unpaired) electrons. The van der Waals surface area contributed by atoms with Crippen LogP contribution in [-0.2, 0) is 85.3 Å². The second kappa shape index (κ2) is 38.3. The predicted octanol–water partition coefficient (Wildman–Crippen LogP) is -19.3. The zero-order chi connectivity index (χ0) is 76.9. The highest BCUT2D eigenvalue weighted by atomic mass is 16.8. The normalized spacial score (nSPS) is 51.6. The zero-order valence-corrected chi connectivity index (χ0v) is 55.0. The topological polar surface area (TPSA) is 781 Å². The molecule has 0 saturated carbocycles. The van der Waals surface area contributed by atoms with Crippen LogP contribution in [0.5, 0.6) is 0 Å². The van der Waals surface area contributed by atoms with Gasteiger partial charge in [0.05, 0.1) is 66.1 Å². The molecule has 9 heterocycles. The van der Waals surface area contributed by atoms with Crippen LogP contribution in [0.15, 0.2) is 5.11 Å². The van der Waals surface area contributed by atoms with E-state index in [9.17, 15) is 143 Å². The number of aliphatic hydroxyl groups excluding tert-OH is 28. The van der Waals surface area contributed by atoms with Gasteiger partial charge in [-0.25, -0.2) is 0 Å². The molecule has 49 heteroatoms. The van der Waals surface area contributed by atoms with E-state index in [-0.39, 0.29) is 0 Å². The van der Waals surface area contributed by atoms with Gasteiger partial charge in [0.1, 0.15) is 220 Å². The fourth-order valence-electron chi connectivity index (χ4n) is 13.0. The van der Waals surface area contributed by atoms with Crippen molar-refractivity contribution in [3.8, 4) is 0 Å². The van der Waals surface area contributed by atoms with Crippen LogP contribution in [0.4, 0.5) is 0 Å². The highest BCUT2D eigenvalue weighted by Gasteiger charge is 2.60. The molecular weight excluding hydrogens is 1450 g/mol. The van der Waals surface area contributed by atoms with Gasteiger partial charge in [-0.3, -0.25) is 0 Å². The zero-order valence-electron chi connectivity index (χ0n) is 55.0. The van der Waals surface area contributed by atoms with Crippen molar-refractivity contribution >= 4 is 0 Å². The molecule has 9 fully saturated rings. The van der Waals surface area contributed by atoms with Crippen molar-refractivity contribution in [3.05, 3.63) is 10.4 Å². The predicted molar refractivity (Wildman–Crippen MR) is 315 cm³/mol. The Kier molecular flexibility index (Phi) is 31.6. The maximum atomic E-state index is 12.3. The molecule has 9 rings (SSSR count). The maximum absolute atomic E-state index is 12.3. The third-order valence-electron chi connectivity index (χ3n) is 19.3. The number of nitrogens with zero attached hydrogens (tertiary/aromatic N) is 3. The third kappa shape index (κ3) is 18.7. The molecule has 610 valence electrons. The van der Waals surface area contributed by atoms with Crippen molar-refractivity contribution in [2.45, 2.75) is 276 Å². The Hall–Kier alpha value is -2.53. The molecule has 0 aromatic rings. The fraction of sp³-hybridized carbons (Fsp3) is 1.00. The van der Waals surface area contributed by atoms with Crippen LogP contribution in [0, 0.1) is 0 Å². The molecule has 9 aliphatic rings. The Labute approximate surface area is 591 Å². The number of rotatable bonds is 29. The molecule has 0 aromatic heterocycles. The highest BCUT2D eigenvalue weighted by Crippen LogP contribution is 2.39. The molecule has 24 unspecified atom stereocenters. The minimum atomic E-state index is -2.46. The average molecular weight is 1550 g/mol. The van der Waals surface area contributed by atoms with Gasteiger partial charge in [0, 0.05) is 11.5 Å². The van der Waals surface area contributed by atoms with E-state index in [2.05, 4.69) is 10.0 Å². The quantitative estimate of drug-likeness (QED) is 0.0143. The molecule has 9 aliphatic heterocycles. The Morgan fingerprint density at radius 2 is 0.457 bits per heavy atom. The van der Waals surface area contributed by atoms with Crippen molar-refractivity contribution in [1.29, 1.82) is 0 Å². The minimum Gasteiger partial charge on any atom is -0.394 e. The molecule has 0 aliphatic carbocycles. The fourth-order valence-corrected chi connectivity index (χ4v) is 13.0. The van der Waals surface area contributed by atoms with Crippen LogP contribution < -0.4 is 0 Å². The van der Waals surface area contributed by atoms with Crippen molar-refractivity contribution in [1.82, 2.24) is 0 Å². The molecule has 0 bridgehead atoms. The third-order valence-corrected chi connectivity index (χ3v) is 19.3. The lowest BCUT2D eigenvalue weighted by Crippen LogP contribution is -2.68. The van der Waals surface area contributed by atoms with E-state index in [1.54, 1.807) is 0 Å². The summed E-state index contributed by atoms with van der Waals surface area (Å²) in [5.41, 5.74) is 9.02. The summed E-state index contributed by atoms with van der Waals surface area (Å²) < 4.78 is 104. The van der Waals surface area contributed by atoms with Crippen molar-refractivity contribution in [2.24, 2.45) is 5.11 Å². The first kappa shape index (κ1) is 86.5. The number of hydrogen-bond donors (Lipinski definition) is 28. The van der Waals surface area contributed by atoms with Gasteiger partial charge in [-0.15, -0.1) is 0 Å². The van der Waals surface area contributed by atoms with E-state index in [0.717, 1.165) is 0 Å². The monoisotopic (exact) mass is 1550 g/mol. The SMILES string of the molecule is [N-]=[N+]=NCCO[C@@H]1OC(CO[C@H]2OC(CO[C@H]3OC(CO)[C@@H](O)C(O)[C@H]3O[C@H]3OC(CO)[C@@H](O)C(O)[C@H]3O)[C@@H](O)C(O[C@H]3OC(CO)[C@@H](O)C(O)C3O[C@H]3OC(CO)[C@@H](O)C(O)C3O)C2O)[C@@H](O)C(O[C@H]2OC(CO)[C@@H](O)C(O)C2O[C@H]2OC(CO)[C@@H](O)C(O)C2O[C@H]2OC(CO)[C@@H](O)C(O)C2O)[C@H]1O. The van der Waals surface area contributed by atoms with E-state index in [1.807, 2.05) is 0 Å². The van der Waals surface area contributed by atoms with E-state index < -0.39 is 349 Å². The molecule has 28 N–H and O–H groups in total. The van der Waals surface area contributed by atoms with Crippen molar-refractivity contribution in [3.63, 3.8) is 0 Å². The number of hydrogen-bond acceptors (Lipinski definition) is 47. The summed E-state index contributed by atoms with van der Waals surface area (Å²) in [5.74, 6) is 0. The summed E-state index contributed by atoms with van der Waals surface area (Å²) in [6.45, 7) is -10.6. The number of azide groups is 1. The molecule has 0 spiro atoms. The smallest absolute Gasteiger partial charge is 0.187 e. The van der Waals surface area contributed by atoms with Crippen LogP contribution in [-0.4, -0.2) is 492 Å². The first-order valence-corrected chi connectivity index (χ1v) is 33.2. The summed E-state index contributed by atoms with van der Waals surface area (Å²) in [5, 5.41) is 309. The first-order valence-electron chi connectivity index (χ1n) is 33.2. The standard InChI is InChI=1S/C56H95N3O46/c57-59-58-1-2-88-48-40(86)42(100-55-47(36(82)27(73)17(8-65)96-55)105-56-46(35(81)26(72)18(9-66)97-56)104-52-39(85)32(78)23(69)14(5-62)93-52)28(74)19(98-48)10-89-49-41(87)43(101-54-45(34(80)25(71)16(7-64)95-54)103-51-38(84)31(77)22(68)13(4-61)92-51)29(75)20(99-49)11-90-53-44(33(79)24(70)15(6-63)94-53)102-50-37(83)30(76)21(67)12(3-60)91-50/h12-56,60-87H,1-11H2/t12?,13?,14?,15?,16?,17?,18?,19?,20?,21-,22-,23-,24-,25-,26-,27-,28-,29-,30?,31?,32?,33?,34?,35?,36?,37-,38?,39?,40-,41?,42?,43?,44-,45?,46?,47?,48-,49+,50-,51-,52-,53+,54-,55-,56-/m1/s1. The largest absolute Gasteiger partial charge is 0.394 e. The summed E-state index contributed by atoms with van der Waals surface area (Å²) in [6.07, 6.45) is -94.6. The van der Waals surface area contributed by atoms with Crippen LogP contribution >= 0.6 is 0 Å². The van der Waals surface area contributed by atoms with Gasteiger partial charge in [0.15, 0.2) is 56.6 Å². The molecule has 49 nitrogen and oxygen atoms in total.